The lowest BCUT2D eigenvalue weighted by molar-refractivity contribution is -0.384. The number of nitrogens with zero attached hydrogens (tertiary/aromatic N) is 2. The van der Waals surface area contributed by atoms with E-state index in [0.29, 0.717) is 30.2 Å². The number of nitro groups is 1. The van der Waals surface area contributed by atoms with Crippen LogP contribution in [-0.2, 0) is 0 Å². The Morgan fingerprint density at radius 1 is 1.21 bits per heavy atom. The molecule has 0 amide bonds. The number of anilines is 2. The highest BCUT2D eigenvalue weighted by Crippen LogP contribution is 2.23. The molecule has 0 fully saturated rings. The highest BCUT2D eigenvalue weighted by molar-refractivity contribution is 5.93. The van der Waals surface area contributed by atoms with Crippen LogP contribution in [0.1, 0.15) is 0 Å². The zero-order valence-corrected chi connectivity index (χ0v) is 13.2. The average molecular weight is 329 g/mol. The van der Waals surface area contributed by atoms with Crippen molar-refractivity contribution < 1.29 is 9.66 Å². The quantitative estimate of drug-likeness (QED) is 0.236. The standard InChI is InChI=1S/C16H19N5O3/c1-24-15-9-5-3-7-13(15)20-16(17)19-11-10-18-12-6-2-4-8-14(12)21(22)23/h2-9,18H,10-11H2,1H3,(H3,17,19,20). The molecule has 0 heterocycles. The minimum Gasteiger partial charge on any atom is -0.495 e. The third-order valence-corrected chi connectivity index (χ3v) is 3.18. The molecule has 0 atom stereocenters. The maximum atomic E-state index is 10.9. The van der Waals surface area contributed by atoms with Crippen LogP contribution in [-0.4, -0.2) is 31.1 Å². The van der Waals surface area contributed by atoms with Crippen molar-refractivity contribution in [3.8, 4) is 5.75 Å². The molecule has 0 bridgehead atoms. The molecule has 24 heavy (non-hydrogen) atoms. The number of benzene rings is 2. The molecule has 0 aliphatic rings. The average Bonchev–Trinajstić information content (AvgIpc) is 2.59. The van der Waals surface area contributed by atoms with Crippen molar-refractivity contribution in [2.24, 2.45) is 10.7 Å². The maximum absolute atomic E-state index is 10.9. The Morgan fingerprint density at radius 2 is 1.88 bits per heavy atom. The van der Waals surface area contributed by atoms with Crippen molar-refractivity contribution in [3.63, 3.8) is 0 Å². The van der Waals surface area contributed by atoms with E-state index in [2.05, 4.69) is 15.6 Å². The number of nitrogens with two attached hydrogens (primary N) is 1. The number of guanidine groups is 1. The van der Waals surface area contributed by atoms with Gasteiger partial charge in [-0.2, -0.15) is 0 Å². The van der Waals surface area contributed by atoms with E-state index in [-0.39, 0.29) is 11.6 Å². The highest BCUT2D eigenvalue weighted by atomic mass is 16.6. The van der Waals surface area contributed by atoms with Gasteiger partial charge in [0, 0.05) is 12.6 Å². The fourth-order valence-electron chi connectivity index (χ4n) is 2.07. The second-order valence-corrected chi connectivity index (χ2v) is 4.79. The van der Waals surface area contributed by atoms with Gasteiger partial charge in [0.1, 0.15) is 11.4 Å². The van der Waals surface area contributed by atoms with Gasteiger partial charge in [0.25, 0.3) is 5.69 Å². The maximum Gasteiger partial charge on any atom is 0.292 e. The van der Waals surface area contributed by atoms with E-state index in [4.69, 9.17) is 10.5 Å². The van der Waals surface area contributed by atoms with Gasteiger partial charge < -0.3 is 21.1 Å². The molecule has 2 rings (SSSR count). The van der Waals surface area contributed by atoms with Crippen molar-refractivity contribution >= 4 is 23.0 Å². The molecule has 0 saturated carbocycles. The van der Waals surface area contributed by atoms with Crippen molar-refractivity contribution in [3.05, 3.63) is 58.6 Å². The normalized spacial score (nSPS) is 11.0. The first-order chi connectivity index (χ1) is 11.6. The van der Waals surface area contributed by atoms with Crippen LogP contribution >= 0.6 is 0 Å². The molecule has 0 unspecified atom stereocenters. The van der Waals surface area contributed by atoms with E-state index in [1.165, 1.54) is 6.07 Å². The number of nitrogens with one attached hydrogen (secondary N) is 2. The van der Waals surface area contributed by atoms with Crippen LogP contribution in [0.2, 0.25) is 0 Å². The second kappa shape index (κ2) is 8.37. The van der Waals surface area contributed by atoms with Crippen LogP contribution in [0.5, 0.6) is 5.75 Å². The Morgan fingerprint density at radius 3 is 2.58 bits per heavy atom. The molecule has 0 aliphatic heterocycles. The first-order valence-electron chi connectivity index (χ1n) is 7.29. The first-order valence-corrected chi connectivity index (χ1v) is 7.29. The number of ether oxygens (including phenoxy) is 1. The molecular weight excluding hydrogens is 310 g/mol. The van der Waals surface area contributed by atoms with Gasteiger partial charge in [-0.15, -0.1) is 0 Å². The predicted molar refractivity (Wildman–Crippen MR) is 94.7 cm³/mol. The van der Waals surface area contributed by atoms with E-state index < -0.39 is 4.92 Å². The summed E-state index contributed by atoms with van der Waals surface area (Å²) < 4.78 is 5.22. The summed E-state index contributed by atoms with van der Waals surface area (Å²) in [6, 6.07) is 13.8. The molecule has 0 aromatic heterocycles. The summed E-state index contributed by atoms with van der Waals surface area (Å²) in [5, 5.41) is 16.9. The molecule has 8 heteroatoms. The lowest BCUT2D eigenvalue weighted by Gasteiger charge is -2.10. The van der Waals surface area contributed by atoms with Gasteiger partial charge in [-0.3, -0.25) is 15.1 Å². The molecule has 8 nitrogen and oxygen atoms in total. The summed E-state index contributed by atoms with van der Waals surface area (Å²) in [5.74, 6) is 0.901. The lowest BCUT2D eigenvalue weighted by Crippen LogP contribution is -2.24. The van der Waals surface area contributed by atoms with Gasteiger partial charge in [0.2, 0.25) is 0 Å². The van der Waals surface area contributed by atoms with E-state index in [1.807, 2.05) is 24.3 Å². The summed E-state index contributed by atoms with van der Waals surface area (Å²) >= 11 is 0. The minimum absolute atomic E-state index is 0.0293. The lowest BCUT2D eigenvalue weighted by atomic mass is 10.2. The van der Waals surface area contributed by atoms with Crippen LogP contribution in [0.25, 0.3) is 0 Å². The van der Waals surface area contributed by atoms with Gasteiger partial charge in [0.05, 0.1) is 24.3 Å². The number of aliphatic imine (C=N–C) groups is 1. The molecular formula is C16H19N5O3. The van der Waals surface area contributed by atoms with Crippen molar-refractivity contribution in [1.29, 1.82) is 0 Å². The molecule has 2 aromatic carbocycles. The Kier molecular flexibility index (Phi) is 5.95. The van der Waals surface area contributed by atoms with Gasteiger partial charge in [-0.05, 0) is 18.2 Å². The predicted octanol–water partition coefficient (Wildman–Crippen LogP) is 2.44. The number of hydrogen-bond acceptors (Lipinski definition) is 5. The molecule has 0 radical (unpaired) electrons. The van der Waals surface area contributed by atoms with Crippen LogP contribution in [0.3, 0.4) is 0 Å². The summed E-state index contributed by atoms with van der Waals surface area (Å²) in [6.45, 7) is 0.777. The van der Waals surface area contributed by atoms with Crippen LogP contribution < -0.4 is 21.1 Å². The van der Waals surface area contributed by atoms with Gasteiger partial charge in [-0.1, -0.05) is 24.3 Å². The van der Waals surface area contributed by atoms with Crippen molar-refractivity contribution in [1.82, 2.24) is 0 Å². The molecule has 126 valence electrons. The Balaban J connectivity index is 1.89. The zero-order chi connectivity index (χ0) is 17.4. The summed E-state index contributed by atoms with van der Waals surface area (Å²) in [6.07, 6.45) is 0. The van der Waals surface area contributed by atoms with E-state index >= 15 is 0 Å². The Hall–Kier alpha value is -3.29. The second-order valence-electron chi connectivity index (χ2n) is 4.79. The SMILES string of the molecule is COc1ccccc1NC(N)=NCCNc1ccccc1[N+](=O)[O-]. The monoisotopic (exact) mass is 329 g/mol. The van der Waals surface area contributed by atoms with E-state index in [1.54, 1.807) is 25.3 Å². The van der Waals surface area contributed by atoms with Crippen LogP contribution in [0.15, 0.2) is 53.5 Å². The highest BCUT2D eigenvalue weighted by Gasteiger charge is 2.11. The van der Waals surface area contributed by atoms with Gasteiger partial charge in [-0.25, -0.2) is 0 Å². The number of para-hydroxylation sites is 4. The summed E-state index contributed by atoms with van der Waals surface area (Å²) in [5.41, 5.74) is 7.03. The van der Waals surface area contributed by atoms with E-state index in [9.17, 15) is 10.1 Å². The number of nitro benzene ring substituents is 1. The largest absolute Gasteiger partial charge is 0.495 e. The molecule has 2 aromatic rings. The fraction of sp³-hybridized carbons (Fsp3) is 0.188. The van der Waals surface area contributed by atoms with Crippen molar-refractivity contribution in [2.45, 2.75) is 0 Å². The molecule has 4 N–H and O–H groups in total. The first kappa shape index (κ1) is 17.1. The molecule has 0 spiro atoms. The summed E-state index contributed by atoms with van der Waals surface area (Å²) in [7, 11) is 1.57. The number of methoxy groups -OCH3 is 1. The van der Waals surface area contributed by atoms with Crippen LogP contribution in [0.4, 0.5) is 17.1 Å². The van der Waals surface area contributed by atoms with Crippen LogP contribution in [0, 0.1) is 10.1 Å². The number of rotatable bonds is 7. The topological polar surface area (TPSA) is 115 Å². The van der Waals surface area contributed by atoms with E-state index in [0.717, 1.165) is 0 Å². The fourth-order valence-corrected chi connectivity index (χ4v) is 2.07. The smallest absolute Gasteiger partial charge is 0.292 e. The van der Waals surface area contributed by atoms with Gasteiger partial charge >= 0.3 is 0 Å². The van der Waals surface area contributed by atoms with Gasteiger partial charge in [0.15, 0.2) is 5.96 Å². The molecule has 0 saturated heterocycles. The Labute approximate surface area is 139 Å². The minimum atomic E-state index is -0.427. The third-order valence-electron chi connectivity index (χ3n) is 3.18. The van der Waals surface area contributed by atoms with Crippen molar-refractivity contribution in [2.75, 3.05) is 30.8 Å². The summed E-state index contributed by atoms with van der Waals surface area (Å²) in [4.78, 5) is 14.7. The zero-order valence-electron chi connectivity index (χ0n) is 13.2. The molecule has 0 aliphatic carbocycles. The third kappa shape index (κ3) is 4.60. The Bertz CT molecular complexity index is 733. The number of hydrogen-bond donors (Lipinski definition) is 3.